The first-order valence-electron chi connectivity index (χ1n) is 6.39. The second-order valence-electron chi connectivity index (χ2n) is 4.75. The lowest BCUT2D eigenvalue weighted by molar-refractivity contribution is 0.0736. The predicted molar refractivity (Wildman–Crippen MR) is 79.2 cm³/mol. The van der Waals surface area contributed by atoms with Gasteiger partial charge < -0.3 is 4.90 Å². The molecule has 0 fully saturated rings. The molecule has 1 aromatic rings. The van der Waals surface area contributed by atoms with Gasteiger partial charge in [-0.1, -0.05) is 26.0 Å². The van der Waals surface area contributed by atoms with Crippen molar-refractivity contribution in [2.24, 2.45) is 5.92 Å². The summed E-state index contributed by atoms with van der Waals surface area (Å²) in [6.45, 7) is 5.33. The molecule has 0 saturated carbocycles. The maximum Gasteiger partial charge on any atom is 0.255 e. The third-order valence-electron chi connectivity index (χ3n) is 2.70. The Kier molecular flexibility index (Phi) is 6.44. The zero-order valence-electron chi connectivity index (χ0n) is 11.7. The van der Waals surface area contributed by atoms with E-state index in [1.54, 1.807) is 16.7 Å². The molecule has 0 aliphatic carbocycles. The summed E-state index contributed by atoms with van der Waals surface area (Å²) in [5, 5.41) is 8.71. The first-order chi connectivity index (χ1) is 9.10. The molecule has 102 valence electrons. The highest BCUT2D eigenvalue weighted by Crippen LogP contribution is 2.21. The normalized spacial score (nSPS) is 10.3. The van der Waals surface area contributed by atoms with E-state index in [2.05, 4.69) is 19.9 Å². The molecule has 1 rings (SSSR count). The lowest BCUT2D eigenvalue weighted by Gasteiger charge is -2.24. The fourth-order valence-electron chi connectivity index (χ4n) is 1.89. The summed E-state index contributed by atoms with van der Waals surface area (Å²) in [6.07, 6.45) is 2.34. The van der Waals surface area contributed by atoms with Gasteiger partial charge in [-0.2, -0.15) is 5.26 Å². The van der Waals surface area contributed by atoms with Crippen molar-refractivity contribution in [3.63, 3.8) is 0 Å². The predicted octanol–water partition coefficient (Wildman–Crippen LogP) is 3.42. The van der Waals surface area contributed by atoms with E-state index in [4.69, 9.17) is 5.26 Å². The van der Waals surface area contributed by atoms with Crippen LogP contribution in [0, 0.1) is 17.2 Å². The van der Waals surface area contributed by atoms with Crippen molar-refractivity contribution in [3.05, 3.63) is 29.8 Å². The van der Waals surface area contributed by atoms with Crippen LogP contribution >= 0.6 is 11.8 Å². The number of nitriles is 1. The maximum absolute atomic E-state index is 12.6. The van der Waals surface area contributed by atoms with E-state index in [1.165, 1.54) is 0 Å². The first-order valence-corrected chi connectivity index (χ1v) is 7.61. The molecule has 0 N–H and O–H groups in total. The fraction of sp³-hybridized carbons (Fsp3) is 0.467. The molecule has 3 nitrogen and oxygen atoms in total. The van der Waals surface area contributed by atoms with E-state index in [9.17, 15) is 4.79 Å². The van der Waals surface area contributed by atoms with Crippen LogP contribution in [0.25, 0.3) is 0 Å². The van der Waals surface area contributed by atoms with Crippen molar-refractivity contribution in [1.29, 1.82) is 5.26 Å². The number of benzene rings is 1. The van der Waals surface area contributed by atoms with E-state index in [0.29, 0.717) is 25.4 Å². The minimum atomic E-state index is 0.0221. The number of hydrogen-bond acceptors (Lipinski definition) is 3. The average molecular weight is 276 g/mol. The second-order valence-corrected chi connectivity index (χ2v) is 5.60. The van der Waals surface area contributed by atoms with Crippen LogP contribution in [0.3, 0.4) is 0 Å². The largest absolute Gasteiger partial charge is 0.337 e. The van der Waals surface area contributed by atoms with Gasteiger partial charge in [0.1, 0.15) is 0 Å². The van der Waals surface area contributed by atoms with Crippen LogP contribution in [0.5, 0.6) is 0 Å². The molecular weight excluding hydrogens is 256 g/mol. The molecule has 0 bridgehead atoms. The molecule has 0 spiro atoms. The summed E-state index contributed by atoms with van der Waals surface area (Å²) in [6, 6.07) is 9.73. The van der Waals surface area contributed by atoms with Crippen molar-refractivity contribution >= 4 is 17.7 Å². The van der Waals surface area contributed by atoms with Gasteiger partial charge in [0.2, 0.25) is 0 Å². The van der Waals surface area contributed by atoms with Gasteiger partial charge in [-0.15, -0.1) is 11.8 Å². The molecule has 4 heteroatoms. The van der Waals surface area contributed by atoms with Crippen molar-refractivity contribution in [3.8, 4) is 6.07 Å². The van der Waals surface area contributed by atoms with Crippen molar-refractivity contribution < 1.29 is 4.79 Å². The van der Waals surface area contributed by atoms with Crippen molar-refractivity contribution in [1.82, 2.24) is 4.90 Å². The van der Waals surface area contributed by atoms with E-state index >= 15 is 0 Å². The van der Waals surface area contributed by atoms with E-state index in [-0.39, 0.29) is 5.91 Å². The number of thioether (sulfide) groups is 1. The van der Waals surface area contributed by atoms with Gasteiger partial charge >= 0.3 is 0 Å². The third kappa shape index (κ3) is 4.60. The standard InChI is InChI=1S/C15H20N2OS/c1-12(2)11-17(10-6-9-16)15(18)13-7-4-5-8-14(13)19-3/h4-5,7-8,12H,6,10-11H2,1-3H3. The number of hydrogen-bond donors (Lipinski definition) is 0. The summed E-state index contributed by atoms with van der Waals surface area (Å²) >= 11 is 1.57. The van der Waals surface area contributed by atoms with Crippen LogP contribution in [0.2, 0.25) is 0 Å². The highest BCUT2D eigenvalue weighted by Gasteiger charge is 2.18. The molecule has 0 aromatic heterocycles. The van der Waals surface area contributed by atoms with Gasteiger partial charge in [-0.25, -0.2) is 0 Å². The topological polar surface area (TPSA) is 44.1 Å². The minimum Gasteiger partial charge on any atom is -0.337 e. The Labute approximate surface area is 119 Å². The molecular formula is C15H20N2OS. The molecule has 0 heterocycles. The molecule has 0 radical (unpaired) electrons. The maximum atomic E-state index is 12.6. The number of nitrogens with zero attached hydrogens (tertiary/aromatic N) is 2. The smallest absolute Gasteiger partial charge is 0.255 e. The third-order valence-corrected chi connectivity index (χ3v) is 3.50. The van der Waals surface area contributed by atoms with E-state index < -0.39 is 0 Å². The van der Waals surface area contributed by atoms with Crippen LogP contribution in [0.4, 0.5) is 0 Å². The number of amides is 1. The minimum absolute atomic E-state index is 0.0221. The van der Waals surface area contributed by atoms with Gasteiger partial charge in [-0.05, 0) is 24.3 Å². The monoisotopic (exact) mass is 276 g/mol. The van der Waals surface area contributed by atoms with E-state index in [1.807, 2.05) is 30.5 Å². The molecule has 0 aliphatic heterocycles. The van der Waals surface area contributed by atoms with Crippen LogP contribution < -0.4 is 0 Å². The van der Waals surface area contributed by atoms with Crippen LogP contribution in [-0.4, -0.2) is 30.2 Å². The van der Waals surface area contributed by atoms with Gasteiger partial charge in [0, 0.05) is 18.0 Å². The number of carbonyl (C=O) groups is 1. The highest BCUT2D eigenvalue weighted by atomic mass is 32.2. The van der Waals surface area contributed by atoms with Gasteiger partial charge in [-0.3, -0.25) is 4.79 Å². The molecule has 0 saturated heterocycles. The Morgan fingerprint density at radius 1 is 1.42 bits per heavy atom. The van der Waals surface area contributed by atoms with E-state index in [0.717, 1.165) is 10.5 Å². The molecule has 1 aromatic carbocycles. The van der Waals surface area contributed by atoms with Gasteiger partial charge in [0.15, 0.2) is 0 Å². The SMILES string of the molecule is CSc1ccccc1C(=O)N(CCC#N)CC(C)C. The molecule has 0 unspecified atom stereocenters. The van der Waals surface area contributed by atoms with Crippen molar-refractivity contribution in [2.75, 3.05) is 19.3 Å². The van der Waals surface area contributed by atoms with Crippen LogP contribution in [0.1, 0.15) is 30.6 Å². The lowest BCUT2D eigenvalue weighted by Crippen LogP contribution is -2.35. The Hall–Kier alpha value is -1.47. The summed E-state index contributed by atoms with van der Waals surface area (Å²) in [5.41, 5.74) is 0.730. The molecule has 1 amide bonds. The first kappa shape index (κ1) is 15.6. The summed E-state index contributed by atoms with van der Waals surface area (Å²) < 4.78 is 0. The van der Waals surface area contributed by atoms with Crippen LogP contribution in [0.15, 0.2) is 29.2 Å². The zero-order valence-corrected chi connectivity index (χ0v) is 12.5. The molecule has 0 aliphatic rings. The molecule has 19 heavy (non-hydrogen) atoms. The highest BCUT2D eigenvalue weighted by molar-refractivity contribution is 7.98. The zero-order chi connectivity index (χ0) is 14.3. The number of rotatable bonds is 6. The van der Waals surface area contributed by atoms with Gasteiger partial charge in [0.25, 0.3) is 5.91 Å². The second kappa shape index (κ2) is 7.85. The van der Waals surface area contributed by atoms with Crippen LogP contribution in [-0.2, 0) is 0 Å². The quantitative estimate of drug-likeness (QED) is 0.748. The molecule has 0 atom stereocenters. The van der Waals surface area contributed by atoms with Gasteiger partial charge in [0.05, 0.1) is 18.1 Å². The Morgan fingerprint density at radius 3 is 2.68 bits per heavy atom. The fourth-order valence-corrected chi connectivity index (χ4v) is 2.48. The summed E-state index contributed by atoms with van der Waals surface area (Å²) in [7, 11) is 0. The van der Waals surface area contributed by atoms with Crippen molar-refractivity contribution in [2.45, 2.75) is 25.2 Å². The summed E-state index contributed by atoms with van der Waals surface area (Å²) in [4.78, 5) is 15.3. The summed E-state index contributed by atoms with van der Waals surface area (Å²) in [5.74, 6) is 0.415. The Bertz CT molecular complexity index is 465. The number of carbonyl (C=O) groups excluding carboxylic acids is 1. The Morgan fingerprint density at radius 2 is 2.11 bits per heavy atom. The average Bonchev–Trinajstić information content (AvgIpc) is 2.42. The lowest BCUT2D eigenvalue weighted by atomic mass is 10.1. The Balaban J connectivity index is 2.94.